The number of aromatic nitrogens is 2. The lowest BCUT2D eigenvalue weighted by Gasteiger charge is -2.07. The van der Waals surface area contributed by atoms with Crippen LogP contribution in [0.15, 0.2) is 31.4 Å². The molecule has 0 bridgehead atoms. The Kier molecular flexibility index (Phi) is 3.72. The van der Waals surface area contributed by atoms with Crippen molar-refractivity contribution in [3.05, 3.63) is 22.1 Å². The Morgan fingerprint density at radius 1 is 1.17 bits per heavy atom. The maximum Gasteiger partial charge on any atom is 0.184 e. The van der Waals surface area contributed by atoms with Gasteiger partial charge in [-0.3, -0.25) is 0 Å². The number of ether oxygens (including phenoxy) is 2. The van der Waals surface area contributed by atoms with Crippen molar-refractivity contribution in [3.63, 3.8) is 0 Å². The van der Waals surface area contributed by atoms with Crippen molar-refractivity contribution in [1.82, 2.24) is 10.2 Å². The van der Waals surface area contributed by atoms with E-state index < -0.39 is 0 Å². The molecule has 0 spiro atoms. The SMILES string of the molecule is Brc1nnc(Sc2ccc3c(c2)OCCCO3)s1. The molecule has 0 fully saturated rings. The van der Waals surface area contributed by atoms with Gasteiger partial charge in [0.05, 0.1) is 13.2 Å². The molecule has 1 aliphatic heterocycles. The Morgan fingerprint density at radius 2 is 2.00 bits per heavy atom. The van der Waals surface area contributed by atoms with Gasteiger partial charge in [0.15, 0.2) is 19.8 Å². The standard InChI is InChI=1S/C11H9BrN2O2S2/c12-10-13-14-11(18-10)17-7-2-3-8-9(6-7)16-5-1-4-15-8/h2-3,6H,1,4-5H2. The second-order valence-electron chi connectivity index (χ2n) is 3.58. The average molecular weight is 345 g/mol. The van der Waals surface area contributed by atoms with E-state index in [9.17, 15) is 0 Å². The lowest BCUT2D eigenvalue weighted by molar-refractivity contribution is 0.297. The molecule has 0 saturated heterocycles. The fourth-order valence-electron chi connectivity index (χ4n) is 1.54. The van der Waals surface area contributed by atoms with E-state index in [0.29, 0.717) is 13.2 Å². The van der Waals surface area contributed by atoms with Gasteiger partial charge >= 0.3 is 0 Å². The molecule has 3 rings (SSSR count). The summed E-state index contributed by atoms with van der Waals surface area (Å²) in [5.41, 5.74) is 0. The largest absolute Gasteiger partial charge is 0.490 e. The molecule has 2 heterocycles. The van der Waals surface area contributed by atoms with Crippen molar-refractivity contribution in [1.29, 1.82) is 0 Å². The molecule has 2 aromatic rings. The first-order chi connectivity index (χ1) is 8.81. The fourth-order valence-corrected chi connectivity index (χ4v) is 3.99. The van der Waals surface area contributed by atoms with Gasteiger partial charge in [0.2, 0.25) is 0 Å². The predicted molar refractivity (Wildman–Crippen MR) is 73.8 cm³/mol. The molecule has 0 unspecified atom stereocenters. The zero-order chi connectivity index (χ0) is 12.4. The lowest BCUT2D eigenvalue weighted by atomic mass is 10.3. The smallest absolute Gasteiger partial charge is 0.184 e. The van der Waals surface area contributed by atoms with Crippen LogP contribution in [0.5, 0.6) is 11.5 Å². The van der Waals surface area contributed by atoms with Crippen molar-refractivity contribution in [2.45, 2.75) is 15.7 Å². The fraction of sp³-hybridized carbons (Fsp3) is 0.273. The summed E-state index contributed by atoms with van der Waals surface area (Å²) in [6.07, 6.45) is 0.917. The third-order valence-electron chi connectivity index (χ3n) is 2.31. The van der Waals surface area contributed by atoms with Crippen LogP contribution in [0, 0.1) is 0 Å². The van der Waals surface area contributed by atoms with Gasteiger partial charge in [-0.1, -0.05) is 23.1 Å². The van der Waals surface area contributed by atoms with Crippen LogP contribution in [0.4, 0.5) is 0 Å². The summed E-state index contributed by atoms with van der Waals surface area (Å²) in [4.78, 5) is 1.07. The van der Waals surface area contributed by atoms with Crippen LogP contribution >= 0.6 is 39.0 Å². The highest BCUT2D eigenvalue weighted by molar-refractivity contribution is 9.11. The number of benzene rings is 1. The molecule has 18 heavy (non-hydrogen) atoms. The second kappa shape index (κ2) is 5.46. The van der Waals surface area contributed by atoms with Crippen LogP contribution in [0.1, 0.15) is 6.42 Å². The van der Waals surface area contributed by atoms with Gasteiger partial charge in [0, 0.05) is 11.3 Å². The van der Waals surface area contributed by atoms with Gasteiger partial charge in [0.25, 0.3) is 0 Å². The molecule has 0 radical (unpaired) electrons. The Morgan fingerprint density at radius 3 is 2.78 bits per heavy atom. The third-order valence-corrected chi connectivity index (χ3v) is 4.70. The molecule has 7 heteroatoms. The van der Waals surface area contributed by atoms with Gasteiger partial charge in [-0.2, -0.15) is 0 Å². The summed E-state index contributed by atoms with van der Waals surface area (Å²) < 4.78 is 12.9. The van der Waals surface area contributed by atoms with Crippen LogP contribution in [-0.2, 0) is 0 Å². The van der Waals surface area contributed by atoms with E-state index >= 15 is 0 Å². The maximum atomic E-state index is 5.65. The van der Waals surface area contributed by atoms with E-state index in [4.69, 9.17) is 9.47 Å². The van der Waals surface area contributed by atoms with Crippen molar-refractivity contribution >= 4 is 39.0 Å². The number of fused-ring (bicyclic) bond motifs is 1. The monoisotopic (exact) mass is 344 g/mol. The van der Waals surface area contributed by atoms with Gasteiger partial charge in [-0.25, -0.2) is 0 Å². The van der Waals surface area contributed by atoms with Gasteiger partial charge in [0.1, 0.15) is 0 Å². The first-order valence-corrected chi connectivity index (χ1v) is 7.80. The Balaban J connectivity index is 1.83. The number of hydrogen-bond acceptors (Lipinski definition) is 6. The summed E-state index contributed by atoms with van der Waals surface area (Å²) in [5, 5.41) is 7.98. The Hall–Kier alpha value is -0.790. The first-order valence-electron chi connectivity index (χ1n) is 5.38. The molecule has 0 amide bonds. The summed E-state index contributed by atoms with van der Waals surface area (Å²) >= 11 is 6.38. The van der Waals surface area contributed by atoms with Crippen molar-refractivity contribution in [3.8, 4) is 11.5 Å². The lowest BCUT2D eigenvalue weighted by Crippen LogP contribution is -1.97. The molecular weight excluding hydrogens is 336 g/mol. The zero-order valence-corrected chi connectivity index (χ0v) is 12.5. The first kappa shape index (κ1) is 12.3. The summed E-state index contributed by atoms with van der Waals surface area (Å²) in [5.74, 6) is 1.62. The van der Waals surface area contributed by atoms with Crippen molar-refractivity contribution in [2.24, 2.45) is 0 Å². The summed E-state index contributed by atoms with van der Waals surface area (Å²) in [6.45, 7) is 1.41. The molecule has 1 aliphatic rings. The summed E-state index contributed by atoms with van der Waals surface area (Å²) in [7, 11) is 0. The zero-order valence-electron chi connectivity index (χ0n) is 9.26. The number of halogens is 1. The highest BCUT2D eigenvalue weighted by Crippen LogP contribution is 2.37. The molecule has 0 saturated carbocycles. The van der Waals surface area contributed by atoms with E-state index in [1.54, 1.807) is 11.8 Å². The predicted octanol–water partition coefficient (Wildman–Crippen LogP) is 3.61. The van der Waals surface area contributed by atoms with Gasteiger partial charge in [-0.15, -0.1) is 10.2 Å². The van der Waals surface area contributed by atoms with E-state index in [1.165, 1.54) is 11.3 Å². The number of nitrogens with zero attached hydrogens (tertiary/aromatic N) is 2. The molecule has 4 nitrogen and oxygen atoms in total. The summed E-state index contributed by atoms with van der Waals surface area (Å²) in [6, 6.07) is 5.94. The van der Waals surface area contributed by atoms with Crippen LogP contribution in [0.2, 0.25) is 0 Å². The second-order valence-corrected chi connectivity index (χ2v) is 7.16. The number of hydrogen-bond donors (Lipinski definition) is 0. The normalized spacial score (nSPS) is 14.3. The highest BCUT2D eigenvalue weighted by Gasteiger charge is 2.12. The van der Waals surface area contributed by atoms with Crippen molar-refractivity contribution < 1.29 is 9.47 Å². The molecule has 0 atom stereocenters. The van der Waals surface area contributed by atoms with E-state index in [0.717, 1.165) is 31.1 Å². The van der Waals surface area contributed by atoms with Crippen LogP contribution in [-0.4, -0.2) is 23.4 Å². The minimum atomic E-state index is 0.700. The third kappa shape index (κ3) is 2.78. The van der Waals surface area contributed by atoms with Gasteiger partial charge in [-0.05, 0) is 34.1 Å². The highest BCUT2D eigenvalue weighted by atomic mass is 79.9. The molecular formula is C11H9BrN2O2S2. The molecule has 0 N–H and O–H groups in total. The van der Waals surface area contributed by atoms with Crippen LogP contribution in [0.3, 0.4) is 0 Å². The minimum absolute atomic E-state index is 0.700. The van der Waals surface area contributed by atoms with Crippen LogP contribution in [0.25, 0.3) is 0 Å². The molecule has 94 valence electrons. The maximum absolute atomic E-state index is 5.65. The van der Waals surface area contributed by atoms with Crippen LogP contribution < -0.4 is 9.47 Å². The van der Waals surface area contributed by atoms with E-state index in [-0.39, 0.29) is 0 Å². The topological polar surface area (TPSA) is 44.2 Å². The van der Waals surface area contributed by atoms with E-state index in [2.05, 4.69) is 26.1 Å². The minimum Gasteiger partial charge on any atom is -0.490 e. The Bertz CT molecular complexity index is 562. The molecule has 1 aromatic carbocycles. The average Bonchev–Trinajstić information content (AvgIpc) is 2.64. The van der Waals surface area contributed by atoms with Crippen molar-refractivity contribution in [2.75, 3.05) is 13.2 Å². The Labute approximate surface area is 121 Å². The van der Waals surface area contributed by atoms with E-state index in [1.807, 2.05) is 18.2 Å². The van der Waals surface area contributed by atoms with Gasteiger partial charge < -0.3 is 9.47 Å². The number of rotatable bonds is 2. The quantitative estimate of drug-likeness (QED) is 0.832. The molecule has 1 aromatic heterocycles. The molecule has 0 aliphatic carbocycles.